The van der Waals surface area contributed by atoms with E-state index in [9.17, 15) is 0 Å². The molecule has 3 atom stereocenters. The highest BCUT2D eigenvalue weighted by Crippen LogP contribution is 2.46. The highest BCUT2D eigenvalue weighted by Gasteiger charge is 2.39. The summed E-state index contributed by atoms with van der Waals surface area (Å²) >= 11 is 0. The minimum atomic E-state index is 0.0796. The van der Waals surface area contributed by atoms with Crippen LogP contribution in [0.3, 0.4) is 0 Å². The second-order valence-corrected chi connectivity index (χ2v) is 8.58. The summed E-state index contributed by atoms with van der Waals surface area (Å²) in [5.41, 5.74) is 2.59. The molecule has 3 aromatic rings. The minimum Gasteiger partial charge on any atom is -0.257 e. The molecule has 4 rings (SSSR count). The van der Waals surface area contributed by atoms with Crippen LogP contribution in [0.4, 0.5) is 0 Å². The van der Waals surface area contributed by atoms with Crippen LogP contribution < -0.4 is 10.4 Å². The molecule has 0 spiro atoms. The largest absolute Gasteiger partial charge is 0.257 e. The van der Waals surface area contributed by atoms with Gasteiger partial charge >= 0.3 is 0 Å². The van der Waals surface area contributed by atoms with Gasteiger partial charge in [-0.15, -0.1) is 13.2 Å². The average Bonchev–Trinajstić information content (AvgIpc) is 2.83. The number of rotatable bonds is 5. The van der Waals surface area contributed by atoms with Crippen LogP contribution in [-0.4, -0.2) is 4.98 Å². The lowest BCUT2D eigenvalue weighted by molar-refractivity contribution is 0.202. The van der Waals surface area contributed by atoms with Crippen LogP contribution in [0.5, 0.6) is 0 Å². The molecular weight excluding hydrogens is 374 g/mol. The molecule has 0 radical (unpaired) electrons. The van der Waals surface area contributed by atoms with E-state index in [-0.39, 0.29) is 5.41 Å². The summed E-state index contributed by atoms with van der Waals surface area (Å²) in [6.45, 7) is 15.3. The second kappa shape index (κ2) is 9.92. The number of fused-ring (bicyclic) bond motifs is 2. The van der Waals surface area contributed by atoms with Gasteiger partial charge in [-0.05, 0) is 81.6 Å². The van der Waals surface area contributed by atoms with Crippen LogP contribution in [-0.2, 0) is 0 Å². The van der Waals surface area contributed by atoms with E-state index in [0.717, 1.165) is 18.5 Å². The van der Waals surface area contributed by atoms with Crippen molar-refractivity contribution in [3.05, 3.63) is 102 Å². The summed E-state index contributed by atoms with van der Waals surface area (Å²) < 4.78 is 0. The normalized spacial score (nSPS) is 18.5. The lowest BCUT2D eigenvalue weighted by Crippen LogP contribution is -2.41. The first-order valence-electron chi connectivity index (χ1n) is 11.4. The third kappa shape index (κ3) is 4.28. The molecule has 1 aliphatic carbocycles. The SMILES string of the molecule is C=C.CC=CC(C)(C(C)CC)C1CC=c2cc3ccccc3cc2=C1c1ccccn1. The van der Waals surface area contributed by atoms with Crippen LogP contribution in [0.1, 0.15) is 46.2 Å². The molecule has 0 aliphatic heterocycles. The van der Waals surface area contributed by atoms with Gasteiger partial charge in [0.15, 0.2) is 0 Å². The predicted molar refractivity (Wildman–Crippen MR) is 136 cm³/mol. The van der Waals surface area contributed by atoms with E-state index in [1.807, 2.05) is 12.3 Å². The van der Waals surface area contributed by atoms with Gasteiger partial charge in [-0.3, -0.25) is 4.98 Å². The van der Waals surface area contributed by atoms with Crippen molar-refractivity contribution >= 4 is 22.4 Å². The van der Waals surface area contributed by atoms with Crippen LogP contribution in [0.2, 0.25) is 0 Å². The molecular formula is C30H35N. The first-order chi connectivity index (χ1) is 15.1. The fourth-order valence-corrected chi connectivity index (χ4v) is 5.04. The number of nitrogens with zero attached hydrogens (tertiary/aromatic N) is 1. The highest BCUT2D eigenvalue weighted by molar-refractivity contribution is 5.84. The summed E-state index contributed by atoms with van der Waals surface area (Å²) in [6.07, 6.45) is 11.3. The Morgan fingerprint density at radius 1 is 1.10 bits per heavy atom. The molecule has 0 saturated heterocycles. The number of hydrogen-bond acceptors (Lipinski definition) is 1. The number of pyridine rings is 1. The van der Waals surface area contributed by atoms with Crippen molar-refractivity contribution in [2.24, 2.45) is 17.3 Å². The first kappa shape index (κ1) is 22.7. The van der Waals surface area contributed by atoms with E-state index in [1.54, 1.807) is 0 Å². The molecule has 1 aliphatic rings. The maximum absolute atomic E-state index is 4.82. The van der Waals surface area contributed by atoms with Crippen LogP contribution >= 0.6 is 0 Å². The molecule has 0 amide bonds. The van der Waals surface area contributed by atoms with Crippen molar-refractivity contribution in [1.29, 1.82) is 0 Å². The van der Waals surface area contributed by atoms with E-state index in [1.165, 1.54) is 26.8 Å². The first-order valence-corrected chi connectivity index (χ1v) is 11.4. The average molecular weight is 410 g/mol. The van der Waals surface area contributed by atoms with Gasteiger partial charge in [-0.25, -0.2) is 0 Å². The minimum absolute atomic E-state index is 0.0796. The quantitative estimate of drug-likeness (QED) is 0.429. The van der Waals surface area contributed by atoms with Crippen LogP contribution in [0.15, 0.2) is 86.1 Å². The molecule has 1 heteroatoms. The van der Waals surface area contributed by atoms with E-state index < -0.39 is 0 Å². The van der Waals surface area contributed by atoms with Gasteiger partial charge in [0.2, 0.25) is 0 Å². The summed E-state index contributed by atoms with van der Waals surface area (Å²) in [7, 11) is 0. The predicted octanol–water partition coefficient (Wildman–Crippen LogP) is 6.66. The number of aromatic nitrogens is 1. The summed E-state index contributed by atoms with van der Waals surface area (Å²) in [5, 5.41) is 5.29. The lowest BCUT2D eigenvalue weighted by atomic mass is 9.62. The van der Waals surface area contributed by atoms with Crippen molar-refractivity contribution in [2.45, 2.75) is 40.5 Å². The van der Waals surface area contributed by atoms with Gasteiger partial charge in [-0.2, -0.15) is 0 Å². The standard InChI is InChI=1S/C28H31N.C2H4/c1-5-16-28(4,20(3)6-2)25-15-14-23-18-21-11-7-8-12-22(21)19-24(23)27(25)26-13-9-10-17-29-26;1-2/h5,7-14,16-20,25H,6,15H2,1-4H3;1-2H2. The number of hydrogen-bond donors (Lipinski definition) is 0. The van der Waals surface area contributed by atoms with Gasteiger partial charge in [0.25, 0.3) is 0 Å². The molecule has 0 bridgehead atoms. The fraction of sp³-hybridized carbons (Fsp3) is 0.300. The Kier molecular flexibility index (Phi) is 7.28. The Hall–Kier alpha value is -2.93. The highest BCUT2D eigenvalue weighted by atomic mass is 14.7. The fourth-order valence-electron chi connectivity index (χ4n) is 5.04. The molecule has 1 heterocycles. The smallest absolute Gasteiger partial charge is 0.0671 e. The molecule has 1 nitrogen and oxygen atoms in total. The summed E-state index contributed by atoms with van der Waals surface area (Å²) in [6, 6.07) is 19.7. The third-order valence-electron chi connectivity index (χ3n) is 7.02. The maximum atomic E-state index is 4.82. The molecule has 0 fully saturated rings. The molecule has 160 valence electrons. The maximum Gasteiger partial charge on any atom is 0.0671 e. The topological polar surface area (TPSA) is 12.9 Å². The lowest BCUT2D eigenvalue weighted by Gasteiger charge is -2.42. The Morgan fingerprint density at radius 3 is 2.39 bits per heavy atom. The van der Waals surface area contributed by atoms with Crippen molar-refractivity contribution in [3.8, 4) is 0 Å². The van der Waals surface area contributed by atoms with Gasteiger partial charge in [-0.1, -0.05) is 75.8 Å². The van der Waals surface area contributed by atoms with Crippen molar-refractivity contribution in [3.63, 3.8) is 0 Å². The molecule has 3 unspecified atom stereocenters. The molecule has 0 saturated carbocycles. The Balaban J connectivity index is 0.00000132. The Bertz CT molecular complexity index is 1170. The molecule has 2 aromatic carbocycles. The van der Waals surface area contributed by atoms with Gasteiger partial charge in [0.05, 0.1) is 5.69 Å². The van der Waals surface area contributed by atoms with Crippen molar-refractivity contribution in [2.75, 3.05) is 0 Å². The zero-order valence-electron chi connectivity index (χ0n) is 19.4. The summed E-state index contributed by atoms with van der Waals surface area (Å²) in [4.78, 5) is 4.82. The van der Waals surface area contributed by atoms with Gasteiger partial charge in [0.1, 0.15) is 0 Å². The Morgan fingerprint density at radius 2 is 1.77 bits per heavy atom. The molecule has 0 N–H and O–H groups in total. The second-order valence-electron chi connectivity index (χ2n) is 8.58. The monoisotopic (exact) mass is 409 g/mol. The number of benzene rings is 2. The number of allylic oxidation sites excluding steroid dienone is 2. The zero-order valence-corrected chi connectivity index (χ0v) is 19.4. The van der Waals surface area contributed by atoms with Crippen LogP contribution in [0, 0.1) is 17.3 Å². The molecule has 1 aromatic heterocycles. The van der Waals surface area contributed by atoms with Gasteiger partial charge in [0, 0.05) is 6.20 Å². The van der Waals surface area contributed by atoms with E-state index in [4.69, 9.17) is 4.98 Å². The van der Waals surface area contributed by atoms with Crippen molar-refractivity contribution < 1.29 is 0 Å². The van der Waals surface area contributed by atoms with Crippen molar-refractivity contribution in [1.82, 2.24) is 4.98 Å². The van der Waals surface area contributed by atoms with E-state index >= 15 is 0 Å². The van der Waals surface area contributed by atoms with Crippen LogP contribution in [0.25, 0.3) is 22.4 Å². The van der Waals surface area contributed by atoms with E-state index in [0.29, 0.717) is 11.8 Å². The Labute approximate surface area is 187 Å². The third-order valence-corrected chi connectivity index (χ3v) is 7.02. The summed E-state index contributed by atoms with van der Waals surface area (Å²) in [5.74, 6) is 0.982. The zero-order chi connectivity index (χ0) is 22.4. The van der Waals surface area contributed by atoms with E-state index in [2.05, 4.69) is 108 Å². The molecule has 31 heavy (non-hydrogen) atoms. The van der Waals surface area contributed by atoms with Gasteiger partial charge < -0.3 is 0 Å².